The maximum atomic E-state index is 11.5. The van der Waals surface area contributed by atoms with Crippen molar-refractivity contribution >= 4 is 35.0 Å². The van der Waals surface area contributed by atoms with E-state index in [0.29, 0.717) is 10.7 Å². The topological polar surface area (TPSA) is 142 Å². The first kappa shape index (κ1) is 13.6. The number of oxime groups is 1. The third-order valence-corrected chi connectivity index (χ3v) is 2.29. The summed E-state index contributed by atoms with van der Waals surface area (Å²) in [6.07, 6.45) is -0.856. The Morgan fingerprint density at radius 3 is 2.90 bits per heavy atom. The number of benzene rings is 1. The number of halogens is 1. The van der Waals surface area contributed by atoms with Gasteiger partial charge in [0.1, 0.15) is 0 Å². The molecule has 1 heterocycles. The van der Waals surface area contributed by atoms with Gasteiger partial charge in [-0.15, -0.1) is 0 Å². The van der Waals surface area contributed by atoms with E-state index in [1.54, 1.807) is 18.2 Å². The van der Waals surface area contributed by atoms with Crippen LogP contribution >= 0.6 is 11.6 Å². The number of rotatable bonds is 3. The van der Waals surface area contributed by atoms with Crippen LogP contribution in [0, 0.1) is 0 Å². The Balaban J connectivity index is 1.97. The fraction of sp³-hybridized carbons (Fsp3) is 0. The molecule has 0 saturated carbocycles. The second kappa shape index (κ2) is 5.89. The number of hydrogen-bond donors (Lipinski definition) is 3. The lowest BCUT2D eigenvalue weighted by atomic mass is 10.3. The van der Waals surface area contributed by atoms with Gasteiger partial charge in [-0.1, -0.05) is 22.8 Å². The molecule has 5 N–H and O–H groups in total. The summed E-state index contributed by atoms with van der Waals surface area (Å²) in [6, 6.07) is 6.49. The molecule has 0 bridgehead atoms. The number of aromatic nitrogens is 2. The molecule has 0 atom stereocenters. The molecular formula is C10H9ClN6O3. The van der Waals surface area contributed by atoms with E-state index in [0.717, 1.165) is 0 Å². The van der Waals surface area contributed by atoms with Crippen molar-refractivity contribution in [3.8, 4) is 0 Å². The predicted molar refractivity (Wildman–Crippen MR) is 71.0 cm³/mol. The van der Waals surface area contributed by atoms with E-state index in [1.165, 1.54) is 6.07 Å². The van der Waals surface area contributed by atoms with E-state index in [4.69, 9.17) is 23.1 Å². The summed E-state index contributed by atoms with van der Waals surface area (Å²) in [4.78, 5) is 16.0. The average Bonchev–Trinajstić information content (AvgIpc) is 2.82. The Labute approximate surface area is 117 Å². The summed E-state index contributed by atoms with van der Waals surface area (Å²) < 4.78 is 4.33. The van der Waals surface area contributed by atoms with Crippen molar-refractivity contribution in [1.29, 1.82) is 0 Å². The standard InChI is InChI=1S/C10H9ClN6O3/c11-5-2-1-3-6(4-5)14-10(18)19-16-8(12)7-9(13)17-20-15-7/h1-4H,(H2,12,16)(H2,13,17)(H,14,18). The van der Waals surface area contributed by atoms with E-state index in [2.05, 4.69) is 30.3 Å². The van der Waals surface area contributed by atoms with Crippen molar-refractivity contribution < 1.29 is 14.3 Å². The zero-order chi connectivity index (χ0) is 14.5. The number of carbonyl (C=O) groups is 1. The highest BCUT2D eigenvalue weighted by Gasteiger charge is 2.12. The molecule has 0 radical (unpaired) electrons. The molecule has 0 aliphatic carbocycles. The smallest absolute Gasteiger partial charge is 0.379 e. The maximum absolute atomic E-state index is 11.5. The summed E-state index contributed by atoms with van der Waals surface area (Å²) in [5, 5.41) is 12.9. The average molecular weight is 297 g/mol. The van der Waals surface area contributed by atoms with Gasteiger partial charge in [0, 0.05) is 10.7 Å². The van der Waals surface area contributed by atoms with Gasteiger partial charge in [-0.25, -0.2) is 9.42 Å². The van der Waals surface area contributed by atoms with Gasteiger partial charge in [0.15, 0.2) is 17.3 Å². The van der Waals surface area contributed by atoms with Crippen molar-refractivity contribution in [3.63, 3.8) is 0 Å². The van der Waals surface area contributed by atoms with E-state index < -0.39 is 6.09 Å². The number of nitrogens with two attached hydrogens (primary N) is 2. The zero-order valence-corrected chi connectivity index (χ0v) is 10.7. The molecule has 2 rings (SSSR count). The molecule has 0 aliphatic heterocycles. The molecule has 2 aromatic rings. The molecule has 0 spiro atoms. The zero-order valence-electron chi connectivity index (χ0n) is 9.91. The lowest BCUT2D eigenvalue weighted by Gasteiger charge is -2.03. The normalized spacial score (nSPS) is 11.2. The van der Waals surface area contributed by atoms with Gasteiger partial charge in [-0.05, 0) is 28.5 Å². The molecule has 1 amide bonds. The lowest BCUT2D eigenvalue weighted by Crippen LogP contribution is -2.19. The summed E-state index contributed by atoms with van der Waals surface area (Å²) in [5.74, 6) is -0.310. The molecule has 0 unspecified atom stereocenters. The highest BCUT2D eigenvalue weighted by Crippen LogP contribution is 2.15. The monoisotopic (exact) mass is 296 g/mol. The van der Waals surface area contributed by atoms with Crippen molar-refractivity contribution in [1.82, 2.24) is 10.3 Å². The first-order valence-corrected chi connectivity index (χ1v) is 5.59. The number of carbonyl (C=O) groups excluding carboxylic acids is 1. The lowest BCUT2D eigenvalue weighted by molar-refractivity contribution is 0.166. The number of nitrogens with zero attached hydrogens (tertiary/aromatic N) is 3. The fourth-order valence-corrected chi connectivity index (χ4v) is 1.40. The van der Waals surface area contributed by atoms with Crippen LogP contribution < -0.4 is 16.8 Å². The van der Waals surface area contributed by atoms with E-state index >= 15 is 0 Å². The van der Waals surface area contributed by atoms with Crippen molar-refractivity contribution in [3.05, 3.63) is 35.0 Å². The predicted octanol–water partition coefficient (Wildman–Crippen LogP) is 1.17. The van der Waals surface area contributed by atoms with Crippen LogP contribution in [0.4, 0.5) is 16.3 Å². The minimum Gasteiger partial charge on any atom is -0.379 e. The molecule has 1 aromatic heterocycles. The Hall–Kier alpha value is -2.81. The van der Waals surface area contributed by atoms with Crippen LogP contribution in [0.15, 0.2) is 34.1 Å². The van der Waals surface area contributed by atoms with E-state index in [1.807, 2.05) is 0 Å². The number of hydrogen-bond acceptors (Lipinski definition) is 7. The molecule has 20 heavy (non-hydrogen) atoms. The van der Waals surface area contributed by atoms with Gasteiger partial charge in [0.05, 0.1) is 0 Å². The molecule has 10 heteroatoms. The Bertz CT molecular complexity index is 656. The van der Waals surface area contributed by atoms with Gasteiger partial charge in [0.2, 0.25) is 0 Å². The Morgan fingerprint density at radius 2 is 2.25 bits per heavy atom. The Kier molecular flexibility index (Phi) is 4.01. The fourth-order valence-electron chi connectivity index (χ4n) is 1.21. The maximum Gasteiger partial charge on any atom is 0.437 e. The molecule has 0 saturated heterocycles. The van der Waals surface area contributed by atoms with Crippen LogP contribution in [0.25, 0.3) is 0 Å². The van der Waals surface area contributed by atoms with E-state index in [9.17, 15) is 4.79 Å². The molecule has 9 nitrogen and oxygen atoms in total. The van der Waals surface area contributed by atoms with Crippen LogP contribution in [0.3, 0.4) is 0 Å². The number of amides is 1. The molecule has 0 fully saturated rings. The second-order valence-corrected chi connectivity index (χ2v) is 3.93. The van der Waals surface area contributed by atoms with Crippen molar-refractivity contribution in [2.75, 3.05) is 11.1 Å². The van der Waals surface area contributed by atoms with Gasteiger partial charge in [0.25, 0.3) is 0 Å². The van der Waals surface area contributed by atoms with Crippen LogP contribution in [0.1, 0.15) is 5.69 Å². The third-order valence-electron chi connectivity index (χ3n) is 2.05. The SMILES string of the molecule is N/C(=N\OC(=O)Nc1cccc(Cl)c1)c1nonc1N. The minimum absolute atomic E-state index is 0.0134. The van der Waals surface area contributed by atoms with Crippen molar-refractivity contribution in [2.45, 2.75) is 0 Å². The van der Waals surface area contributed by atoms with Crippen LogP contribution in [-0.4, -0.2) is 22.2 Å². The van der Waals surface area contributed by atoms with Crippen molar-refractivity contribution in [2.24, 2.45) is 10.9 Å². The largest absolute Gasteiger partial charge is 0.437 e. The number of nitrogen functional groups attached to an aromatic ring is 1. The first-order valence-electron chi connectivity index (χ1n) is 5.21. The molecule has 0 aliphatic rings. The highest BCUT2D eigenvalue weighted by molar-refractivity contribution is 6.30. The van der Waals surface area contributed by atoms with Crippen LogP contribution in [0.2, 0.25) is 5.02 Å². The molecular weight excluding hydrogens is 288 g/mol. The van der Waals surface area contributed by atoms with Crippen LogP contribution in [0.5, 0.6) is 0 Å². The number of anilines is 2. The first-order chi connectivity index (χ1) is 9.56. The van der Waals surface area contributed by atoms with Gasteiger partial charge < -0.3 is 11.5 Å². The highest BCUT2D eigenvalue weighted by atomic mass is 35.5. The number of amidine groups is 1. The second-order valence-electron chi connectivity index (χ2n) is 3.49. The summed E-state index contributed by atoms with van der Waals surface area (Å²) in [6.45, 7) is 0. The Morgan fingerprint density at radius 1 is 1.45 bits per heavy atom. The van der Waals surface area contributed by atoms with Gasteiger partial charge in [-0.3, -0.25) is 10.2 Å². The summed E-state index contributed by atoms with van der Waals surface area (Å²) in [7, 11) is 0. The third kappa shape index (κ3) is 3.36. The summed E-state index contributed by atoms with van der Waals surface area (Å²) >= 11 is 5.76. The van der Waals surface area contributed by atoms with E-state index in [-0.39, 0.29) is 17.3 Å². The molecule has 1 aromatic carbocycles. The number of nitrogens with one attached hydrogen (secondary N) is 1. The van der Waals surface area contributed by atoms with Gasteiger partial charge in [-0.2, -0.15) is 0 Å². The quantitative estimate of drug-likeness (QED) is 0.334. The van der Waals surface area contributed by atoms with Crippen LogP contribution in [-0.2, 0) is 4.84 Å². The minimum atomic E-state index is -0.856. The van der Waals surface area contributed by atoms with Gasteiger partial charge >= 0.3 is 6.09 Å². The molecule has 104 valence electrons. The summed E-state index contributed by atoms with van der Waals surface area (Å²) in [5.41, 5.74) is 11.3.